The standard InChI is InChI=1S/C18H26F2N7O6P.C4H10O.C2H6.CH2F2/c1-9(2)32-16(30)10(3)26-34(23-4-5-28)31-7-11-18(19,20)6-12(33-11)27-8-22-13-14(27)24-17(21)25-15(13)29;1-4(2)5-3;1-2;2-1-3/h5,8-12,23,26H,4,6-7H2,1-3H3,(H3,21,24,25,29);4H,1-3H3;1-2H3;1H2. The number of esters is 1. The minimum atomic E-state index is -3.29. The van der Waals surface area contributed by atoms with Gasteiger partial charge in [0, 0.05) is 7.11 Å². The zero-order valence-corrected chi connectivity index (χ0v) is 27.0. The van der Waals surface area contributed by atoms with Gasteiger partial charge in [0.2, 0.25) is 12.9 Å². The molecule has 5 N–H and O–H groups in total. The number of fused-ring (bicyclic) bond motifs is 1. The molecule has 4 atom stereocenters. The van der Waals surface area contributed by atoms with Crippen molar-refractivity contribution in [1.29, 1.82) is 0 Å². The molecule has 0 aliphatic carbocycles. The van der Waals surface area contributed by atoms with Crippen LogP contribution in [0.15, 0.2) is 11.1 Å². The van der Waals surface area contributed by atoms with Gasteiger partial charge in [-0.05, 0) is 34.6 Å². The van der Waals surface area contributed by atoms with Gasteiger partial charge in [-0.3, -0.25) is 24.2 Å². The number of halogens is 4. The van der Waals surface area contributed by atoms with Crippen LogP contribution in [0.2, 0.25) is 0 Å². The molecule has 44 heavy (non-hydrogen) atoms. The maximum atomic E-state index is 14.7. The number of nitrogens with one attached hydrogen (secondary N) is 3. The van der Waals surface area contributed by atoms with Crippen molar-refractivity contribution < 1.29 is 45.9 Å². The Kier molecular flexibility index (Phi) is 19.7. The van der Waals surface area contributed by atoms with Gasteiger partial charge in [0.15, 0.2) is 19.6 Å². The highest BCUT2D eigenvalue weighted by molar-refractivity contribution is 7.48. The Bertz CT molecular complexity index is 1170. The van der Waals surface area contributed by atoms with E-state index < -0.39 is 64.2 Å². The number of carbonyl (C=O) groups excluding carboxylic acids is 2. The van der Waals surface area contributed by atoms with Crippen LogP contribution in [-0.4, -0.2) is 89.2 Å². The zero-order valence-electron chi connectivity index (χ0n) is 26.1. The number of alkyl halides is 4. The van der Waals surface area contributed by atoms with Crippen LogP contribution in [0.25, 0.3) is 11.2 Å². The second-order valence-electron chi connectivity index (χ2n) is 9.16. The van der Waals surface area contributed by atoms with Gasteiger partial charge < -0.3 is 29.3 Å². The molecule has 14 nitrogen and oxygen atoms in total. The van der Waals surface area contributed by atoms with Gasteiger partial charge in [-0.25, -0.2) is 27.6 Å². The Balaban J connectivity index is 0.00000162. The lowest BCUT2D eigenvalue weighted by atomic mass is 10.2. The summed E-state index contributed by atoms with van der Waals surface area (Å²) in [6.45, 7) is 10.5. The number of carbonyl (C=O) groups is 2. The zero-order chi connectivity index (χ0) is 34.0. The maximum Gasteiger partial charge on any atom is 0.323 e. The van der Waals surface area contributed by atoms with E-state index in [1.165, 1.54) is 17.8 Å². The summed E-state index contributed by atoms with van der Waals surface area (Å²) in [7, 11) is -0.157. The van der Waals surface area contributed by atoms with E-state index in [9.17, 15) is 31.9 Å². The van der Waals surface area contributed by atoms with Crippen molar-refractivity contribution in [2.75, 3.05) is 32.9 Å². The average molecular weight is 662 g/mol. The second-order valence-corrected chi connectivity index (χ2v) is 10.6. The molecule has 0 spiro atoms. The van der Waals surface area contributed by atoms with Crippen molar-refractivity contribution in [2.45, 2.75) is 91.4 Å². The minimum Gasteiger partial charge on any atom is -0.462 e. The number of imidazole rings is 1. The number of nitrogens with zero attached hydrogens (tertiary/aromatic N) is 3. The van der Waals surface area contributed by atoms with E-state index in [0.29, 0.717) is 12.4 Å². The fourth-order valence-electron chi connectivity index (χ4n) is 3.13. The van der Waals surface area contributed by atoms with Crippen LogP contribution in [0.5, 0.6) is 0 Å². The molecular formula is C25H44F4N7O7P. The van der Waals surface area contributed by atoms with Crippen LogP contribution in [0.3, 0.4) is 0 Å². The van der Waals surface area contributed by atoms with Crippen molar-refractivity contribution >= 4 is 37.8 Å². The number of hydrogen-bond donors (Lipinski definition) is 4. The van der Waals surface area contributed by atoms with Crippen LogP contribution in [0, 0.1) is 0 Å². The summed E-state index contributed by atoms with van der Waals surface area (Å²) in [6, 6.07) is -0.822. The monoisotopic (exact) mass is 661 g/mol. The Hall–Kier alpha value is -2.76. The van der Waals surface area contributed by atoms with Crippen molar-refractivity contribution in [3.8, 4) is 0 Å². The average Bonchev–Trinajstić information content (AvgIpc) is 3.51. The predicted molar refractivity (Wildman–Crippen MR) is 157 cm³/mol. The SMILES string of the molecule is CC.CC(C)OC(=O)C(C)NP(NCC=O)OCC1OC(n2cnc3c(=O)[nH]c(N)nc32)CC1(F)F.COC(C)C.FCF. The first-order valence-corrected chi connectivity index (χ1v) is 14.9. The third kappa shape index (κ3) is 13.9. The number of hydrogen-bond acceptors (Lipinski definition) is 12. The van der Waals surface area contributed by atoms with Gasteiger partial charge in [-0.1, -0.05) is 13.8 Å². The summed E-state index contributed by atoms with van der Waals surface area (Å²) < 4.78 is 70.8. The molecule has 19 heteroatoms. The van der Waals surface area contributed by atoms with Gasteiger partial charge in [0.1, 0.15) is 24.7 Å². The Labute approximate surface area is 254 Å². The number of aromatic nitrogens is 4. The molecule has 0 amide bonds. The molecule has 3 rings (SSSR count). The summed E-state index contributed by atoms with van der Waals surface area (Å²) in [6.07, 6.45) is -1.76. The van der Waals surface area contributed by atoms with Gasteiger partial charge in [0.05, 0.1) is 38.1 Å². The number of rotatable bonds is 12. The summed E-state index contributed by atoms with van der Waals surface area (Å²) >= 11 is 0. The molecule has 1 saturated heterocycles. The van der Waals surface area contributed by atoms with E-state index in [1.807, 2.05) is 27.7 Å². The largest absolute Gasteiger partial charge is 0.462 e. The quantitative estimate of drug-likeness (QED) is 0.112. The van der Waals surface area contributed by atoms with Gasteiger partial charge in [-0.2, -0.15) is 4.98 Å². The summed E-state index contributed by atoms with van der Waals surface area (Å²) in [4.78, 5) is 44.9. The second kappa shape index (κ2) is 21.1. The number of methoxy groups -OCH3 is 1. The lowest BCUT2D eigenvalue weighted by molar-refractivity contribution is -0.149. The Morgan fingerprint density at radius 1 is 1.27 bits per heavy atom. The molecule has 1 aliphatic rings. The molecule has 3 heterocycles. The highest BCUT2D eigenvalue weighted by atomic mass is 31.2. The van der Waals surface area contributed by atoms with Gasteiger partial charge in [0.25, 0.3) is 11.5 Å². The predicted octanol–water partition coefficient (Wildman–Crippen LogP) is 3.54. The number of nitrogens with two attached hydrogens (primary N) is 1. The fraction of sp³-hybridized carbons (Fsp3) is 0.720. The molecule has 1 aliphatic heterocycles. The van der Waals surface area contributed by atoms with E-state index in [4.69, 9.17) is 24.5 Å². The van der Waals surface area contributed by atoms with Crippen molar-refractivity contribution in [3.05, 3.63) is 16.7 Å². The van der Waals surface area contributed by atoms with E-state index >= 15 is 0 Å². The lowest BCUT2D eigenvalue weighted by Crippen LogP contribution is -2.38. The van der Waals surface area contributed by atoms with E-state index in [2.05, 4.69) is 25.1 Å². The van der Waals surface area contributed by atoms with Crippen LogP contribution in [0.1, 0.15) is 61.1 Å². The molecule has 2 aromatic rings. The number of anilines is 1. The minimum absolute atomic E-state index is 0.0117. The van der Waals surface area contributed by atoms with E-state index in [0.717, 1.165) is 0 Å². The molecule has 0 bridgehead atoms. The first-order valence-electron chi connectivity index (χ1n) is 13.7. The fourth-order valence-corrected chi connectivity index (χ4v) is 4.37. The Morgan fingerprint density at radius 2 is 1.86 bits per heavy atom. The number of ether oxygens (including phenoxy) is 3. The van der Waals surface area contributed by atoms with Gasteiger partial charge in [-0.15, -0.1) is 0 Å². The van der Waals surface area contributed by atoms with Gasteiger partial charge >= 0.3 is 5.97 Å². The van der Waals surface area contributed by atoms with Crippen LogP contribution < -0.4 is 21.5 Å². The molecule has 1 fully saturated rings. The smallest absolute Gasteiger partial charge is 0.323 e. The number of aromatic amines is 1. The lowest BCUT2D eigenvalue weighted by Gasteiger charge is -2.25. The van der Waals surface area contributed by atoms with Crippen molar-refractivity contribution in [3.63, 3.8) is 0 Å². The van der Waals surface area contributed by atoms with Crippen LogP contribution >= 0.6 is 8.45 Å². The Morgan fingerprint density at radius 3 is 2.39 bits per heavy atom. The maximum absolute atomic E-state index is 14.7. The summed E-state index contributed by atoms with van der Waals surface area (Å²) in [5, 5.41) is 5.52. The van der Waals surface area contributed by atoms with Crippen molar-refractivity contribution in [2.24, 2.45) is 0 Å². The number of aldehydes is 1. The highest BCUT2D eigenvalue weighted by Crippen LogP contribution is 2.43. The van der Waals surface area contributed by atoms with Crippen molar-refractivity contribution in [1.82, 2.24) is 29.7 Å². The molecule has 2 aromatic heterocycles. The normalized spacial score (nSPS) is 18.3. The van der Waals surface area contributed by atoms with E-state index in [1.54, 1.807) is 21.0 Å². The third-order valence-corrected chi connectivity index (χ3v) is 6.66. The molecule has 0 saturated carbocycles. The van der Waals surface area contributed by atoms with E-state index in [-0.39, 0.29) is 29.8 Å². The topological polar surface area (TPSA) is 185 Å². The summed E-state index contributed by atoms with van der Waals surface area (Å²) in [5.74, 6) is -4.04. The highest BCUT2D eigenvalue weighted by Gasteiger charge is 2.51. The van der Waals surface area contributed by atoms with Crippen LogP contribution in [-0.2, 0) is 28.3 Å². The molecule has 254 valence electrons. The summed E-state index contributed by atoms with van der Waals surface area (Å²) in [5.41, 5.74) is 4.90. The number of H-pyrrole nitrogens is 1. The first kappa shape index (κ1) is 41.2. The molecule has 4 unspecified atom stereocenters. The molecular weight excluding hydrogens is 617 g/mol. The van der Waals surface area contributed by atoms with Crippen LogP contribution in [0.4, 0.5) is 23.5 Å². The first-order chi connectivity index (χ1) is 20.7. The molecule has 0 aromatic carbocycles. The molecule has 0 radical (unpaired) electrons. The number of nitrogen functional groups attached to an aromatic ring is 1. The third-order valence-electron chi connectivity index (χ3n) is 5.16.